The van der Waals surface area contributed by atoms with Gasteiger partial charge in [0.1, 0.15) is 17.5 Å². The van der Waals surface area contributed by atoms with E-state index in [1.165, 1.54) is 179 Å². The lowest BCUT2D eigenvalue weighted by atomic mass is 9.49. The fraction of sp³-hybridized carbons (Fsp3) is 0.515. The molecule has 7 atom stereocenters. The van der Waals surface area contributed by atoms with E-state index in [1.807, 2.05) is 49.5 Å². The molecule has 0 spiro atoms. The molecule has 7 saturated heterocycles. The lowest BCUT2D eigenvalue weighted by Gasteiger charge is -2.55. The second kappa shape index (κ2) is 48.7. The smallest absolute Gasteiger partial charge is 0.226 e. The normalized spacial score (nSPS) is 25.2. The van der Waals surface area contributed by atoms with Crippen LogP contribution in [-0.2, 0) is 43.3 Å². The highest BCUT2D eigenvalue weighted by Crippen LogP contribution is 2.60. The van der Waals surface area contributed by atoms with E-state index in [0.717, 1.165) is 161 Å². The summed E-state index contributed by atoms with van der Waals surface area (Å²) in [6.45, 7) is 22.4. The largest absolute Gasteiger partial charge is 0.381 e. The van der Waals surface area contributed by atoms with Crippen LogP contribution in [0.3, 0.4) is 0 Å². The second-order valence-corrected chi connectivity index (χ2v) is 35.6. The van der Waals surface area contributed by atoms with Gasteiger partial charge < -0.3 is 72.8 Å². The third-order valence-electron chi connectivity index (χ3n) is 26.3. The lowest BCUT2D eigenvalue weighted by Crippen LogP contribution is -2.55. The number of halogens is 3. The number of amides is 1. The first kappa shape index (κ1) is 90.4. The van der Waals surface area contributed by atoms with Crippen LogP contribution in [-0.4, -0.2) is 223 Å². The molecule has 11 fully saturated rings. The van der Waals surface area contributed by atoms with Crippen LogP contribution < -0.4 is 43.4 Å². The molecule has 119 heavy (non-hydrogen) atoms. The second-order valence-electron chi connectivity index (χ2n) is 35.6. The van der Waals surface area contributed by atoms with Gasteiger partial charge in [0.2, 0.25) is 5.91 Å². The van der Waals surface area contributed by atoms with Crippen LogP contribution in [0.25, 0.3) is 0 Å². The number of hydrogen-bond donors (Lipinski definition) is 8. The summed E-state index contributed by atoms with van der Waals surface area (Å²) >= 11 is 0. The Bertz CT molecular complexity index is 4040. The maximum Gasteiger partial charge on any atom is 0.226 e. The highest BCUT2D eigenvalue weighted by atomic mass is 19.1. The van der Waals surface area contributed by atoms with Crippen molar-refractivity contribution in [3.8, 4) is 0 Å². The molecule has 0 radical (unpaired) electrons. The lowest BCUT2D eigenvalue weighted by molar-refractivity contribution is -0.146. The van der Waals surface area contributed by atoms with E-state index >= 15 is 0 Å². The van der Waals surface area contributed by atoms with Gasteiger partial charge in [-0.05, 0) is 281 Å². The van der Waals surface area contributed by atoms with Crippen molar-refractivity contribution in [3.63, 3.8) is 0 Å². The molecule has 19 rings (SSSR count). The van der Waals surface area contributed by atoms with Gasteiger partial charge in [-0.25, -0.2) is 13.2 Å². The topological polar surface area (TPSA) is 161 Å². The molecule has 18 heteroatoms. The number of carbonyl (C=O) groups excluding carboxylic acids is 1. The Labute approximate surface area is 711 Å². The first-order chi connectivity index (χ1) is 58.2. The van der Waals surface area contributed by atoms with Crippen molar-refractivity contribution in [2.45, 2.75) is 164 Å². The van der Waals surface area contributed by atoms with Crippen molar-refractivity contribution >= 4 is 17.3 Å². The van der Waals surface area contributed by atoms with Gasteiger partial charge in [0, 0.05) is 157 Å². The molecule has 8 aromatic rings. The number of carbonyl (C=O) groups is 1. The molecule has 0 aromatic heterocycles. The van der Waals surface area contributed by atoms with E-state index in [-0.39, 0.29) is 22.9 Å². The third-order valence-corrected chi connectivity index (χ3v) is 26.3. The first-order valence-electron chi connectivity index (χ1n) is 45.4. The number of hydrogen-bond acceptors (Lipinski definition) is 14. The van der Waals surface area contributed by atoms with E-state index in [1.54, 1.807) is 12.1 Å². The molecule has 642 valence electrons. The fourth-order valence-electron chi connectivity index (χ4n) is 19.6. The molecule has 4 saturated carbocycles. The predicted molar refractivity (Wildman–Crippen MR) is 486 cm³/mol. The Morgan fingerprint density at radius 1 is 0.353 bits per heavy atom. The zero-order valence-corrected chi connectivity index (χ0v) is 71.6. The molecule has 11 aliphatic rings. The molecule has 4 bridgehead atoms. The number of benzene rings is 8. The van der Waals surface area contributed by atoms with Gasteiger partial charge in [0.25, 0.3) is 0 Å². The van der Waals surface area contributed by atoms with E-state index < -0.39 is 0 Å². The number of likely N-dealkylation sites (tertiary alicyclic amines) is 6. The standard InChI is InChI=1S/C18H21FN2.C18H22N2.C15H24N2O.C13H19FN2.C13H20N2.C12H17FN2.C12H18N2/c19-16-8-6-15(7-9-16)10-12-21-13-11-18(14-21)20-17-4-2-1-3-5-17;1-3-7-16(8-4-1)11-13-20-14-12-18(15-20)19-17-9-5-2-6-10-17;18-14(17-13-1-2-16-9-13)15-6-10-3-11(7-15)5-12(4-10)8-15;1-15-13-7-9-16(10-13)8-6-11-2-4-12(14)5-3-11;1-14-13-8-10-15(11-13)9-7-12-5-3-2-4-6-12;13-11-3-1-10(2-4-11)5-7-15-8-6-12(14)9-15;13-12-7-9-14(10-12)8-6-11-4-2-1-3-5-11/h1-9,18,20H,10-14H2;1-10,18-19H,11-15H2;10-13,16H,1-9H2,(H,17,18);2-5,13,15H,6-10H2,1H3;2-6,13-14H,7-11H2,1H3;1-4,12H,5-9,14H2;1-5,12H,6-10,13H2/t2*18-;10?,11?,12?,13-,15?;2*13-;2*12-/m0000000/s1. The number of likely N-dealkylation sites (N-methyl/N-ethyl adjacent to an activating group) is 2. The molecular formula is C101H141F3N14O. The minimum Gasteiger partial charge on any atom is -0.381 e. The SMILES string of the molecule is CN[C@H]1CCN(CCc2ccc(F)cc2)C1.CN[C@H]1CCN(CCc2ccccc2)C1.Fc1ccc(CCN2CC[C@H](Nc3ccccc3)C2)cc1.N[C@H]1CCN(CCc2ccc(F)cc2)C1.N[C@H]1CCN(CCc2ccccc2)C1.O=C(N[C@H]1CCNC1)C12CC3CC(CC(C3)C1)C2.c1ccc(CCN2CC[C@H](Nc3ccccc3)C2)cc1. The zero-order chi connectivity index (χ0) is 82.6. The Balaban J connectivity index is 0.000000128. The van der Waals surface area contributed by atoms with Crippen molar-refractivity contribution < 1.29 is 18.0 Å². The van der Waals surface area contributed by atoms with Crippen LogP contribution in [0.5, 0.6) is 0 Å². The van der Waals surface area contributed by atoms with Crippen LogP contribution in [0.2, 0.25) is 0 Å². The molecule has 7 heterocycles. The van der Waals surface area contributed by atoms with Crippen molar-refractivity contribution in [1.29, 1.82) is 0 Å². The van der Waals surface area contributed by atoms with Crippen molar-refractivity contribution in [3.05, 3.63) is 275 Å². The summed E-state index contributed by atoms with van der Waals surface area (Å²) in [6.07, 6.45) is 22.6. The summed E-state index contributed by atoms with van der Waals surface area (Å²) in [7, 11) is 4.08. The van der Waals surface area contributed by atoms with E-state index in [0.29, 0.717) is 48.2 Å². The Morgan fingerprint density at radius 2 is 0.630 bits per heavy atom. The average Bonchev–Trinajstić information content (AvgIpc) is 1.31. The van der Waals surface area contributed by atoms with Crippen LogP contribution >= 0.6 is 0 Å². The highest BCUT2D eigenvalue weighted by molar-refractivity contribution is 5.83. The van der Waals surface area contributed by atoms with Crippen LogP contribution in [0.15, 0.2) is 224 Å². The number of anilines is 2. The summed E-state index contributed by atoms with van der Waals surface area (Å²) < 4.78 is 38.2. The summed E-state index contributed by atoms with van der Waals surface area (Å²) in [5.74, 6) is 2.51. The van der Waals surface area contributed by atoms with Gasteiger partial charge >= 0.3 is 0 Å². The maximum absolute atomic E-state index is 12.9. The first-order valence-corrected chi connectivity index (χ1v) is 45.4. The van der Waals surface area contributed by atoms with E-state index in [4.69, 9.17) is 11.5 Å². The van der Waals surface area contributed by atoms with Gasteiger partial charge in [-0.3, -0.25) is 4.79 Å². The Kier molecular flexibility index (Phi) is 37.0. The number of rotatable bonds is 26. The predicted octanol–water partition coefficient (Wildman–Crippen LogP) is 14.5. The number of nitrogens with zero attached hydrogens (tertiary/aromatic N) is 6. The summed E-state index contributed by atoms with van der Waals surface area (Å²) in [5.41, 5.74) is 22.1. The number of nitrogens with two attached hydrogens (primary N) is 2. The Morgan fingerprint density at radius 3 is 0.908 bits per heavy atom. The minimum absolute atomic E-state index is 0.0390. The number of para-hydroxylation sites is 2. The van der Waals surface area contributed by atoms with Gasteiger partial charge in [-0.15, -0.1) is 0 Å². The fourth-order valence-corrected chi connectivity index (χ4v) is 19.6. The average molecular weight is 1620 g/mol. The maximum atomic E-state index is 12.9. The van der Waals surface area contributed by atoms with E-state index in [9.17, 15) is 18.0 Å². The zero-order valence-electron chi connectivity index (χ0n) is 71.6. The molecule has 8 aromatic carbocycles. The summed E-state index contributed by atoms with van der Waals surface area (Å²) in [5, 5.41) is 20.5. The van der Waals surface area contributed by atoms with Gasteiger partial charge in [-0.1, -0.05) is 164 Å². The molecular weight excluding hydrogens is 1480 g/mol. The summed E-state index contributed by atoms with van der Waals surface area (Å²) in [6, 6.07) is 77.1. The van der Waals surface area contributed by atoms with Gasteiger partial charge in [-0.2, -0.15) is 0 Å². The molecule has 1 amide bonds. The third kappa shape index (κ3) is 31.5. The van der Waals surface area contributed by atoms with Gasteiger partial charge in [0.05, 0.1) is 0 Å². The molecule has 15 nitrogen and oxygen atoms in total. The highest BCUT2D eigenvalue weighted by Gasteiger charge is 2.55. The Hall–Kier alpha value is -7.82. The number of nitrogens with one attached hydrogen (secondary N) is 6. The van der Waals surface area contributed by atoms with E-state index in [2.05, 4.69) is 214 Å². The minimum atomic E-state index is -0.165. The van der Waals surface area contributed by atoms with Crippen LogP contribution in [0.4, 0.5) is 24.5 Å². The van der Waals surface area contributed by atoms with Crippen molar-refractivity contribution in [2.75, 3.05) is 156 Å². The van der Waals surface area contributed by atoms with Crippen LogP contribution in [0, 0.1) is 40.6 Å². The quantitative estimate of drug-likeness (QED) is 0.0259. The molecule has 10 N–H and O–H groups in total. The van der Waals surface area contributed by atoms with Crippen LogP contribution in [0.1, 0.15) is 117 Å². The van der Waals surface area contributed by atoms with Crippen molar-refractivity contribution in [2.24, 2.45) is 34.6 Å². The molecule has 0 unspecified atom stereocenters. The van der Waals surface area contributed by atoms with Crippen molar-refractivity contribution in [1.82, 2.24) is 50.7 Å². The van der Waals surface area contributed by atoms with Gasteiger partial charge in [0.15, 0.2) is 0 Å². The monoisotopic (exact) mass is 1620 g/mol. The molecule has 7 aliphatic heterocycles. The molecule has 4 aliphatic carbocycles. The summed E-state index contributed by atoms with van der Waals surface area (Å²) in [4.78, 5) is 27.6.